The molecule has 0 fully saturated rings. The largest absolute Gasteiger partial charge is 0.471 e. The summed E-state index contributed by atoms with van der Waals surface area (Å²) < 4.78 is 11.1. The summed E-state index contributed by atoms with van der Waals surface area (Å²) in [6.07, 6.45) is 0. The zero-order valence-corrected chi connectivity index (χ0v) is 12.1. The number of ether oxygens (including phenoxy) is 1. The topological polar surface area (TPSA) is 63.2 Å². The van der Waals surface area contributed by atoms with Gasteiger partial charge in [-0.15, -0.1) is 0 Å². The number of fused-ring (bicyclic) bond motifs is 1. The minimum absolute atomic E-state index is 0.00616. The molecule has 1 aromatic heterocycles. The van der Waals surface area contributed by atoms with Gasteiger partial charge in [0.2, 0.25) is 11.2 Å². The average Bonchev–Trinajstić information content (AvgIpc) is 2.54. The third-order valence-corrected chi connectivity index (χ3v) is 3.49. The smallest absolute Gasteiger partial charge is 0.235 e. The van der Waals surface area contributed by atoms with Crippen LogP contribution in [0.5, 0.6) is 5.75 Å². The lowest BCUT2D eigenvalue weighted by Gasteiger charge is -2.10. The van der Waals surface area contributed by atoms with Gasteiger partial charge >= 0.3 is 0 Å². The van der Waals surface area contributed by atoms with Crippen LogP contribution in [0.2, 0.25) is 5.02 Å². The monoisotopic (exact) mass is 311 g/mol. The van der Waals surface area contributed by atoms with Crippen molar-refractivity contribution < 1.29 is 9.15 Å². The molecule has 3 rings (SSSR count). The van der Waals surface area contributed by atoms with Crippen LogP contribution >= 0.6 is 11.6 Å². The lowest BCUT2D eigenvalue weighted by molar-refractivity contribution is 0.356. The molecule has 0 aliphatic carbocycles. The van der Waals surface area contributed by atoms with E-state index in [0.717, 1.165) is 0 Å². The van der Waals surface area contributed by atoms with Gasteiger partial charge in [-0.05, 0) is 24.3 Å². The molecule has 0 bridgehead atoms. The van der Waals surface area contributed by atoms with Crippen LogP contribution in [0.25, 0.3) is 22.3 Å². The molecule has 0 aliphatic heterocycles. The van der Waals surface area contributed by atoms with Gasteiger partial charge < -0.3 is 9.15 Å². The molecule has 0 aliphatic rings. The standard InChI is InChI=1S/C17H10ClNO3/c18-13-7-3-1-5-11(13)16-17(21-10-9-19)15(20)12-6-2-4-8-14(12)22-16/h1-8H,10H2. The summed E-state index contributed by atoms with van der Waals surface area (Å²) in [7, 11) is 0. The highest BCUT2D eigenvalue weighted by atomic mass is 35.5. The van der Waals surface area contributed by atoms with Crippen LogP contribution in [0.4, 0.5) is 0 Å². The summed E-state index contributed by atoms with van der Waals surface area (Å²) in [4.78, 5) is 12.6. The van der Waals surface area contributed by atoms with E-state index in [1.54, 1.807) is 48.5 Å². The lowest BCUT2D eigenvalue weighted by Crippen LogP contribution is -2.10. The van der Waals surface area contributed by atoms with Crippen molar-refractivity contribution in [2.24, 2.45) is 0 Å². The highest BCUT2D eigenvalue weighted by Crippen LogP contribution is 2.35. The van der Waals surface area contributed by atoms with E-state index in [1.165, 1.54) is 0 Å². The van der Waals surface area contributed by atoms with E-state index in [0.29, 0.717) is 21.6 Å². The van der Waals surface area contributed by atoms with E-state index < -0.39 is 0 Å². The first kappa shape index (κ1) is 14.2. The van der Waals surface area contributed by atoms with Crippen LogP contribution in [0.1, 0.15) is 0 Å². The van der Waals surface area contributed by atoms with E-state index in [-0.39, 0.29) is 23.5 Å². The van der Waals surface area contributed by atoms with E-state index in [9.17, 15) is 4.79 Å². The van der Waals surface area contributed by atoms with Crippen LogP contribution in [0.15, 0.2) is 57.7 Å². The molecule has 0 N–H and O–H groups in total. The number of para-hydroxylation sites is 1. The molecule has 0 radical (unpaired) electrons. The molecule has 2 aromatic carbocycles. The van der Waals surface area contributed by atoms with Crippen molar-refractivity contribution in [2.45, 2.75) is 0 Å². The van der Waals surface area contributed by atoms with Crippen molar-refractivity contribution in [2.75, 3.05) is 6.61 Å². The van der Waals surface area contributed by atoms with Crippen LogP contribution in [-0.4, -0.2) is 6.61 Å². The first-order valence-corrected chi connectivity index (χ1v) is 6.90. The molecule has 4 nitrogen and oxygen atoms in total. The van der Waals surface area contributed by atoms with Gasteiger partial charge in [-0.3, -0.25) is 4.79 Å². The molecular formula is C17H10ClNO3. The molecule has 0 saturated carbocycles. The normalized spacial score (nSPS) is 10.4. The van der Waals surface area contributed by atoms with Crippen LogP contribution < -0.4 is 10.2 Å². The summed E-state index contributed by atoms with van der Waals surface area (Å²) in [5.74, 6) is 0.220. The van der Waals surface area contributed by atoms with E-state index in [4.69, 9.17) is 26.0 Å². The van der Waals surface area contributed by atoms with Crippen molar-refractivity contribution in [1.82, 2.24) is 0 Å². The number of nitriles is 1. The molecule has 0 spiro atoms. The van der Waals surface area contributed by atoms with Gasteiger partial charge in [0.05, 0.1) is 10.4 Å². The van der Waals surface area contributed by atoms with E-state index >= 15 is 0 Å². The molecule has 1 heterocycles. The number of nitrogens with zero attached hydrogens (tertiary/aromatic N) is 1. The Hall–Kier alpha value is -2.77. The van der Waals surface area contributed by atoms with Crippen LogP contribution in [0.3, 0.4) is 0 Å². The van der Waals surface area contributed by atoms with Crippen molar-refractivity contribution in [3.63, 3.8) is 0 Å². The highest BCUT2D eigenvalue weighted by molar-refractivity contribution is 6.33. The first-order valence-electron chi connectivity index (χ1n) is 6.53. The Morgan fingerprint density at radius 1 is 1.14 bits per heavy atom. The Morgan fingerprint density at radius 3 is 2.64 bits per heavy atom. The number of rotatable bonds is 3. The molecule has 3 aromatic rings. The zero-order valence-electron chi connectivity index (χ0n) is 11.4. The molecule has 0 amide bonds. The van der Waals surface area contributed by atoms with Gasteiger partial charge in [0.15, 0.2) is 12.4 Å². The highest BCUT2D eigenvalue weighted by Gasteiger charge is 2.19. The molecule has 0 atom stereocenters. The minimum atomic E-state index is -0.327. The van der Waals surface area contributed by atoms with E-state index in [2.05, 4.69) is 0 Å². The van der Waals surface area contributed by atoms with Crippen molar-refractivity contribution in [3.8, 4) is 23.1 Å². The molecule has 108 valence electrons. The Balaban J connectivity index is 2.35. The molecule has 0 unspecified atom stereocenters. The third kappa shape index (κ3) is 2.43. The predicted molar refractivity (Wildman–Crippen MR) is 84.0 cm³/mol. The Kier molecular flexibility index (Phi) is 3.82. The molecule has 0 saturated heterocycles. The van der Waals surface area contributed by atoms with Gasteiger partial charge in [0.1, 0.15) is 11.7 Å². The second kappa shape index (κ2) is 5.92. The second-order valence-electron chi connectivity index (χ2n) is 4.51. The molecule has 5 heteroatoms. The van der Waals surface area contributed by atoms with Gasteiger partial charge in [-0.25, -0.2) is 0 Å². The van der Waals surface area contributed by atoms with Gasteiger partial charge in [0.25, 0.3) is 0 Å². The van der Waals surface area contributed by atoms with Crippen molar-refractivity contribution in [1.29, 1.82) is 5.26 Å². The van der Waals surface area contributed by atoms with Crippen LogP contribution in [0, 0.1) is 11.3 Å². The fourth-order valence-corrected chi connectivity index (χ4v) is 2.40. The zero-order chi connectivity index (χ0) is 15.5. The third-order valence-electron chi connectivity index (χ3n) is 3.16. The summed E-state index contributed by atoms with van der Waals surface area (Å²) in [6.45, 7) is -0.249. The van der Waals surface area contributed by atoms with Crippen molar-refractivity contribution in [3.05, 3.63) is 63.8 Å². The number of hydrogen-bond acceptors (Lipinski definition) is 4. The Morgan fingerprint density at radius 2 is 1.86 bits per heavy atom. The number of halogens is 1. The minimum Gasteiger partial charge on any atom is -0.471 e. The summed E-state index contributed by atoms with van der Waals surface area (Å²) in [5.41, 5.74) is 0.652. The summed E-state index contributed by atoms with van der Waals surface area (Å²) >= 11 is 6.19. The van der Waals surface area contributed by atoms with Crippen LogP contribution in [-0.2, 0) is 0 Å². The summed E-state index contributed by atoms with van der Waals surface area (Å²) in [5, 5.41) is 9.54. The Labute approximate surface area is 131 Å². The maximum Gasteiger partial charge on any atom is 0.235 e. The summed E-state index contributed by atoms with van der Waals surface area (Å²) in [6, 6.07) is 15.7. The van der Waals surface area contributed by atoms with Gasteiger partial charge in [-0.2, -0.15) is 5.26 Å². The van der Waals surface area contributed by atoms with E-state index in [1.807, 2.05) is 6.07 Å². The average molecular weight is 312 g/mol. The fraction of sp³-hybridized carbons (Fsp3) is 0.0588. The van der Waals surface area contributed by atoms with Gasteiger partial charge in [0, 0.05) is 5.56 Å². The number of benzene rings is 2. The first-order chi connectivity index (χ1) is 10.7. The lowest BCUT2D eigenvalue weighted by atomic mass is 10.1. The number of hydrogen-bond donors (Lipinski definition) is 0. The quantitative estimate of drug-likeness (QED) is 0.733. The van der Waals surface area contributed by atoms with Crippen molar-refractivity contribution >= 4 is 22.6 Å². The maximum absolute atomic E-state index is 12.6. The maximum atomic E-state index is 12.6. The molecular weight excluding hydrogens is 302 g/mol. The molecule has 22 heavy (non-hydrogen) atoms. The SMILES string of the molecule is N#CCOc1c(-c2ccccc2Cl)oc2ccccc2c1=O. The Bertz CT molecular complexity index is 941. The second-order valence-corrected chi connectivity index (χ2v) is 4.92. The van der Waals surface area contributed by atoms with Gasteiger partial charge in [-0.1, -0.05) is 35.9 Å². The predicted octanol–water partition coefficient (Wildman–Crippen LogP) is 4.02. The fourth-order valence-electron chi connectivity index (χ4n) is 2.18.